The highest BCUT2D eigenvalue weighted by atomic mass is 16.6. The van der Waals surface area contributed by atoms with Crippen molar-refractivity contribution in [2.45, 2.75) is 45.3 Å². The lowest BCUT2D eigenvalue weighted by atomic mass is 10.0. The number of alkyl carbamates (subject to hydrolysis) is 1. The van der Waals surface area contributed by atoms with Crippen LogP contribution in [-0.2, 0) is 22.4 Å². The van der Waals surface area contributed by atoms with E-state index in [2.05, 4.69) is 17.4 Å². The molecule has 0 unspecified atom stereocenters. The molecule has 0 bridgehead atoms. The maximum atomic E-state index is 11.8. The fourth-order valence-corrected chi connectivity index (χ4v) is 2.51. The van der Waals surface area contributed by atoms with Gasteiger partial charge in [-0.25, -0.2) is 9.59 Å². The second-order valence-electron chi connectivity index (χ2n) is 7.22. The molecule has 2 aromatic rings. The molecular weight excluding hydrogens is 330 g/mol. The van der Waals surface area contributed by atoms with E-state index >= 15 is 0 Å². The van der Waals surface area contributed by atoms with Crippen molar-refractivity contribution in [3.63, 3.8) is 0 Å². The molecule has 2 N–H and O–H groups in total. The smallest absolute Gasteiger partial charge is 0.408 e. The highest BCUT2D eigenvalue weighted by Gasteiger charge is 2.24. The van der Waals surface area contributed by atoms with Crippen LogP contribution < -0.4 is 5.32 Å². The van der Waals surface area contributed by atoms with E-state index in [1.54, 1.807) is 20.8 Å². The quantitative estimate of drug-likeness (QED) is 0.826. The second kappa shape index (κ2) is 8.52. The molecule has 1 amide bonds. The lowest BCUT2D eigenvalue weighted by Gasteiger charge is -2.22. The van der Waals surface area contributed by atoms with Gasteiger partial charge < -0.3 is 15.2 Å². The van der Waals surface area contributed by atoms with Gasteiger partial charge in [0.15, 0.2) is 0 Å². The van der Waals surface area contributed by atoms with Gasteiger partial charge in [0, 0.05) is 6.42 Å². The van der Waals surface area contributed by atoms with Crippen molar-refractivity contribution in [2.24, 2.45) is 0 Å². The maximum absolute atomic E-state index is 11.8. The van der Waals surface area contributed by atoms with E-state index in [0.29, 0.717) is 0 Å². The first-order valence-corrected chi connectivity index (χ1v) is 8.57. The van der Waals surface area contributed by atoms with Crippen molar-refractivity contribution in [1.29, 1.82) is 0 Å². The summed E-state index contributed by atoms with van der Waals surface area (Å²) in [5.74, 6) is -1.09. The van der Waals surface area contributed by atoms with Crippen LogP contribution in [0.5, 0.6) is 0 Å². The molecule has 0 fully saturated rings. The van der Waals surface area contributed by atoms with Crippen LogP contribution in [0, 0.1) is 0 Å². The van der Waals surface area contributed by atoms with E-state index in [9.17, 15) is 14.7 Å². The molecule has 0 saturated carbocycles. The first kappa shape index (κ1) is 19.5. The van der Waals surface area contributed by atoms with Gasteiger partial charge in [-0.15, -0.1) is 0 Å². The Bertz CT molecular complexity index is 733. The van der Waals surface area contributed by atoms with Gasteiger partial charge in [-0.1, -0.05) is 54.6 Å². The minimum atomic E-state index is -1.09. The van der Waals surface area contributed by atoms with E-state index in [1.807, 2.05) is 42.5 Å². The lowest BCUT2D eigenvalue weighted by Crippen LogP contribution is -2.44. The number of hydrogen-bond acceptors (Lipinski definition) is 3. The largest absolute Gasteiger partial charge is 0.480 e. The van der Waals surface area contributed by atoms with Gasteiger partial charge in [0.2, 0.25) is 0 Å². The van der Waals surface area contributed by atoms with Gasteiger partial charge in [-0.3, -0.25) is 0 Å². The fraction of sp³-hybridized carbons (Fsp3) is 0.333. The minimum Gasteiger partial charge on any atom is -0.480 e. The number of ether oxygens (including phenoxy) is 1. The van der Waals surface area contributed by atoms with E-state index in [4.69, 9.17) is 4.74 Å². The molecule has 0 radical (unpaired) electrons. The number of hydrogen-bond donors (Lipinski definition) is 2. The predicted molar refractivity (Wildman–Crippen MR) is 100 cm³/mol. The third-order valence-electron chi connectivity index (χ3n) is 3.70. The minimum absolute atomic E-state index is 0.195. The summed E-state index contributed by atoms with van der Waals surface area (Å²) in [7, 11) is 0. The average Bonchev–Trinajstić information content (AvgIpc) is 2.55. The average molecular weight is 355 g/mol. The number of carbonyl (C=O) groups excluding carboxylic acids is 1. The van der Waals surface area contributed by atoms with Crippen molar-refractivity contribution < 1.29 is 19.4 Å². The second-order valence-corrected chi connectivity index (χ2v) is 7.22. The van der Waals surface area contributed by atoms with E-state index in [1.165, 1.54) is 5.56 Å². The zero-order valence-corrected chi connectivity index (χ0v) is 15.4. The molecule has 0 heterocycles. The number of carbonyl (C=O) groups is 2. The predicted octanol–water partition coefficient (Wildman–Crippen LogP) is 3.80. The maximum Gasteiger partial charge on any atom is 0.408 e. The van der Waals surface area contributed by atoms with Crippen LogP contribution in [0.3, 0.4) is 0 Å². The first-order chi connectivity index (χ1) is 12.2. The molecule has 5 heteroatoms. The normalized spacial score (nSPS) is 12.3. The summed E-state index contributed by atoms with van der Waals surface area (Å²) in [5.41, 5.74) is 2.53. The van der Waals surface area contributed by atoms with Crippen LogP contribution in [0.15, 0.2) is 54.6 Å². The molecule has 0 aliphatic heterocycles. The molecule has 26 heavy (non-hydrogen) atoms. The van der Waals surface area contributed by atoms with Crippen LogP contribution >= 0.6 is 0 Å². The number of amides is 1. The summed E-state index contributed by atoms with van der Waals surface area (Å²) in [6.07, 6.45) is 0.283. The summed E-state index contributed by atoms with van der Waals surface area (Å²) in [5, 5.41) is 11.8. The number of aliphatic carboxylic acids is 1. The zero-order valence-electron chi connectivity index (χ0n) is 15.4. The van der Waals surface area contributed by atoms with E-state index in [-0.39, 0.29) is 6.42 Å². The summed E-state index contributed by atoms with van der Waals surface area (Å²) >= 11 is 0. The third-order valence-corrected chi connectivity index (χ3v) is 3.70. The summed E-state index contributed by atoms with van der Waals surface area (Å²) in [6.45, 7) is 5.19. The van der Waals surface area contributed by atoms with E-state index < -0.39 is 23.7 Å². The summed E-state index contributed by atoms with van der Waals surface area (Å²) < 4.78 is 5.13. The molecular formula is C21H25NO4. The van der Waals surface area contributed by atoms with Crippen LogP contribution in [0.25, 0.3) is 0 Å². The Labute approximate surface area is 154 Å². The van der Waals surface area contributed by atoms with Crippen molar-refractivity contribution in [3.05, 3.63) is 71.3 Å². The molecule has 0 spiro atoms. The Morgan fingerprint density at radius 3 is 2.04 bits per heavy atom. The molecule has 2 rings (SSSR count). The van der Waals surface area contributed by atoms with E-state index in [0.717, 1.165) is 17.5 Å². The molecule has 0 saturated heterocycles. The molecule has 2 aromatic carbocycles. The SMILES string of the molecule is CC(C)(C)OC(=O)N[C@@H](Cc1ccc(Cc2ccccc2)cc1)C(=O)O. The number of benzene rings is 2. The molecule has 0 aliphatic carbocycles. The Hall–Kier alpha value is -2.82. The van der Waals surface area contributed by atoms with Gasteiger partial charge in [0.1, 0.15) is 11.6 Å². The molecule has 0 aromatic heterocycles. The van der Waals surface area contributed by atoms with Crippen LogP contribution in [0.4, 0.5) is 4.79 Å². The standard InChI is InChI=1S/C21H25NO4/c1-21(2,3)26-20(25)22-18(19(23)24)14-17-11-9-16(10-12-17)13-15-7-5-4-6-8-15/h4-12,18H,13-14H2,1-3H3,(H,22,25)(H,23,24)/t18-/m0/s1. The van der Waals surface area contributed by atoms with Crippen LogP contribution in [0.2, 0.25) is 0 Å². The van der Waals surface area contributed by atoms with Crippen LogP contribution in [-0.4, -0.2) is 28.8 Å². The van der Waals surface area contributed by atoms with Gasteiger partial charge in [0.05, 0.1) is 0 Å². The third kappa shape index (κ3) is 6.59. The Morgan fingerprint density at radius 2 is 1.50 bits per heavy atom. The summed E-state index contributed by atoms with van der Waals surface area (Å²) in [6, 6.07) is 16.8. The molecule has 138 valence electrons. The Balaban J connectivity index is 1.98. The number of nitrogens with one attached hydrogen (secondary N) is 1. The van der Waals surface area contributed by atoms with Gasteiger partial charge in [-0.2, -0.15) is 0 Å². The van der Waals surface area contributed by atoms with Crippen LogP contribution in [0.1, 0.15) is 37.5 Å². The number of carboxylic acid groups (broad SMARTS) is 1. The number of carboxylic acids is 1. The van der Waals surface area contributed by atoms with Gasteiger partial charge in [0.25, 0.3) is 0 Å². The van der Waals surface area contributed by atoms with Gasteiger partial charge in [-0.05, 0) is 43.9 Å². The lowest BCUT2D eigenvalue weighted by molar-refractivity contribution is -0.139. The zero-order chi connectivity index (χ0) is 19.2. The summed E-state index contributed by atoms with van der Waals surface area (Å²) in [4.78, 5) is 23.3. The monoisotopic (exact) mass is 355 g/mol. The highest BCUT2D eigenvalue weighted by molar-refractivity contribution is 5.80. The topological polar surface area (TPSA) is 75.6 Å². The van der Waals surface area contributed by atoms with Crippen molar-refractivity contribution in [2.75, 3.05) is 0 Å². The molecule has 1 atom stereocenters. The first-order valence-electron chi connectivity index (χ1n) is 8.57. The fourth-order valence-electron chi connectivity index (χ4n) is 2.51. The Kier molecular flexibility index (Phi) is 6.39. The molecule has 0 aliphatic rings. The van der Waals surface area contributed by atoms with Crippen molar-refractivity contribution in [3.8, 4) is 0 Å². The van der Waals surface area contributed by atoms with Crippen molar-refractivity contribution in [1.82, 2.24) is 5.32 Å². The highest BCUT2D eigenvalue weighted by Crippen LogP contribution is 2.13. The molecule has 5 nitrogen and oxygen atoms in total. The van der Waals surface area contributed by atoms with Gasteiger partial charge >= 0.3 is 12.1 Å². The number of rotatable bonds is 6. The van der Waals surface area contributed by atoms with Crippen molar-refractivity contribution >= 4 is 12.1 Å². The Morgan fingerprint density at radius 1 is 0.962 bits per heavy atom.